The van der Waals surface area contributed by atoms with Crippen LogP contribution >= 0.6 is 38.9 Å². The van der Waals surface area contributed by atoms with E-state index < -0.39 is 0 Å². The molecule has 1 aromatic rings. The van der Waals surface area contributed by atoms with Gasteiger partial charge in [0.25, 0.3) is 5.91 Å². The second kappa shape index (κ2) is 5.72. The van der Waals surface area contributed by atoms with E-state index in [1.54, 1.807) is 0 Å². The number of halogens is 2. The number of thiophene rings is 1. The van der Waals surface area contributed by atoms with E-state index in [1.165, 1.54) is 11.3 Å². The third-order valence-electron chi connectivity index (χ3n) is 3.07. The molecule has 0 bridgehead atoms. The van der Waals surface area contributed by atoms with Crippen LogP contribution in [0.3, 0.4) is 0 Å². The molecule has 1 aliphatic carbocycles. The second-order valence-corrected chi connectivity index (χ2v) is 7.48. The number of carbonyl (C=O) groups is 1. The first kappa shape index (κ1) is 13.4. The lowest BCUT2D eigenvalue weighted by Gasteiger charge is -2.25. The van der Waals surface area contributed by atoms with Crippen LogP contribution in [0.2, 0.25) is 0 Å². The predicted octanol–water partition coefficient (Wildman–Crippen LogP) is 4.10. The van der Waals surface area contributed by atoms with Gasteiger partial charge in [0.05, 0.1) is 8.66 Å². The lowest BCUT2D eigenvalue weighted by molar-refractivity contribution is 0.0932. The lowest BCUT2D eigenvalue weighted by atomic mass is 9.95. The maximum absolute atomic E-state index is 12.0. The van der Waals surface area contributed by atoms with Crippen LogP contribution < -0.4 is 5.32 Å². The van der Waals surface area contributed by atoms with Gasteiger partial charge in [-0.1, -0.05) is 0 Å². The van der Waals surface area contributed by atoms with E-state index in [0.717, 1.165) is 39.9 Å². The molecule has 0 saturated heterocycles. The number of aryl methyl sites for hydroxylation is 1. The molecule has 1 heterocycles. The number of rotatable bonds is 2. The Hall–Kier alpha value is -0.0600. The van der Waals surface area contributed by atoms with Gasteiger partial charge in [0.1, 0.15) is 0 Å². The van der Waals surface area contributed by atoms with Crippen molar-refractivity contribution < 1.29 is 4.79 Å². The quantitative estimate of drug-likeness (QED) is 0.809. The first-order valence-electron chi connectivity index (χ1n) is 5.77. The van der Waals surface area contributed by atoms with Crippen molar-refractivity contribution in [2.24, 2.45) is 0 Å². The molecule has 2 nitrogen and oxygen atoms in total. The van der Waals surface area contributed by atoms with Crippen molar-refractivity contribution in [1.29, 1.82) is 0 Å². The zero-order valence-corrected chi connectivity index (χ0v) is 12.8. The summed E-state index contributed by atoms with van der Waals surface area (Å²) in [5, 5.41) is 3.38. The van der Waals surface area contributed by atoms with Gasteiger partial charge in [0.2, 0.25) is 0 Å². The maximum Gasteiger partial charge on any atom is 0.261 e. The molecule has 0 spiro atoms. The maximum atomic E-state index is 12.0. The Labute approximate surface area is 119 Å². The van der Waals surface area contributed by atoms with Gasteiger partial charge in [-0.05, 0) is 60.2 Å². The van der Waals surface area contributed by atoms with Crippen LogP contribution in [-0.4, -0.2) is 17.3 Å². The van der Waals surface area contributed by atoms with Gasteiger partial charge >= 0.3 is 0 Å². The fraction of sp³-hybridized carbons (Fsp3) is 0.583. The molecule has 0 aliphatic heterocycles. The van der Waals surface area contributed by atoms with Crippen molar-refractivity contribution in [2.75, 3.05) is 0 Å². The molecular weight excluding hydrogens is 322 g/mol. The molecule has 1 aliphatic rings. The van der Waals surface area contributed by atoms with E-state index in [4.69, 9.17) is 11.6 Å². The van der Waals surface area contributed by atoms with Gasteiger partial charge in [-0.15, -0.1) is 22.9 Å². The van der Waals surface area contributed by atoms with E-state index in [1.807, 2.05) is 13.0 Å². The van der Waals surface area contributed by atoms with Crippen LogP contribution in [-0.2, 0) is 0 Å². The van der Waals surface area contributed by atoms with E-state index in [-0.39, 0.29) is 5.91 Å². The normalized spacial score (nSPS) is 24.6. The molecule has 1 amide bonds. The Bertz CT molecular complexity index is 393. The minimum atomic E-state index is 0.0434. The third-order valence-corrected chi connectivity index (χ3v) is 5.64. The Morgan fingerprint density at radius 2 is 2.12 bits per heavy atom. The lowest BCUT2D eigenvalue weighted by Crippen LogP contribution is -2.37. The zero-order chi connectivity index (χ0) is 12.4. The SMILES string of the molecule is Cc1cc(C(=O)NC2CCC(Cl)CC2)sc1Br. The Kier molecular flexibility index (Phi) is 4.50. The van der Waals surface area contributed by atoms with Crippen LogP contribution in [0, 0.1) is 6.92 Å². The molecule has 1 saturated carbocycles. The van der Waals surface area contributed by atoms with Crippen molar-refractivity contribution in [3.8, 4) is 0 Å². The minimum Gasteiger partial charge on any atom is -0.349 e. The Balaban J connectivity index is 1.93. The highest BCUT2D eigenvalue weighted by molar-refractivity contribution is 9.11. The van der Waals surface area contributed by atoms with Crippen molar-refractivity contribution in [3.05, 3.63) is 20.3 Å². The first-order valence-corrected chi connectivity index (χ1v) is 7.81. The summed E-state index contributed by atoms with van der Waals surface area (Å²) in [7, 11) is 0. The van der Waals surface area contributed by atoms with Crippen LogP contribution in [0.5, 0.6) is 0 Å². The van der Waals surface area contributed by atoms with Gasteiger partial charge in [-0.2, -0.15) is 0 Å². The fourth-order valence-corrected chi connectivity index (χ4v) is 3.72. The highest BCUT2D eigenvalue weighted by atomic mass is 79.9. The van der Waals surface area contributed by atoms with E-state index in [0.29, 0.717) is 11.4 Å². The summed E-state index contributed by atoms with van der Waals surface area (Å²) in [5.41, 5.74) is 1.12. The third kappa shape index (κ3) is 3.46. The monoisotopic (exact) mass is 335 g/mol. The average molecular weight is 337 g/mol. The molecule has 1 fully saturated rings. The first-order chi connectivity index (χ1) is 8.06. The number of nitrogens with one attached hydrogen (secondary N) is 1. The molecule has 1 aromatic heterocycles. The van der Waals surface area contributed by atoms with Crippen LogP contribution in [0.15, 0.2) is 9.85 Å². The molecule has 2 rings (SSSR count). The number of alkyl halides is 1. The summed E-state index contributed by atoms with van der Waals surface area (Å²) in [6.07, 6.45) is 3.98. The van der Waals surface area contributed by atoms with Crippen molar-refractivity contribution in [3.63, 3.8) is 0 Å². The summed E-state index contributed by atoms with van der Waals surface area (Å²) >= 11 is 11.0. The smallest absolute Gasteiger partial charge is 0.261 e. The second-order valence-electron chi connectivity index (χ2n) is 4.49. The van der Waals surface area contributed by atoms with Gasteiger partial charge < -0.3 is 5.32 Å². The topological polar surface area (TPSA) is 29.1 Å². The van der Waals surface area contributed by atoms with Gasteiger partial charge in [-0.3, -0.25) is 4.79 Å². The van der Waals surface area contributed by atoms with Crippen LogP contribution in [0.4, 0.5) is 0 Å². The molecule has 0 aromatic carbocycles. The number of hydrogen-bond acceptors (Lipinski definition) is 2. The molecule has 0 unspecified atom stereocenters. The van der Waals surface area contributed by atoms with Crippen molar-refractivity contribution in [1.82, 2.24) is 5.32 Å². The summed E-state index contributed by atoms with van der Waals surface area (Å²) in [4.78, 5) is 12.8. The van der Waals surface area contributed by atoms with Crippen molar-refractivity contribution in [2.45, 2.75) is 44.0 Å². The average Bonchev–Trinajstić information content (AvgIpc) is 2.63. The van der Waals surface area contributed by atoms with Gasteiger partial charge in [-0.25, -0.2) is 0 Å². The Morgan fingerprint density at radius 3 is 2.65 bits per heavy atom. The van der Waals surface area contributed by atoms with E-state index in [2.05, 4.69) is 21.2 Å². The molecule has 0 atom stereocenters. The largest absolute Gasteiger partial charge is 0.349 e. The van der Waals surface area contributed by atoms with Crippen LogP contribution in [0.25, 0.3) is 0 Å². The fourth-order valence-electron chi connectivity index (χ4n) is 2.03. The zero-order valence-electron chi connectivity index (χ0n) is 9.63. The summed E-state index contributed by atoms with van der Waals surface area (Å²) in [6, 6.07) is 2.22. The molecule has 0 radical (unpaired) electrons. The highest BCUT2D eigenvalue weighted by Gasteiger charge is 2.22. The molecular formula is C12H15BrClNOS. The summed E-state index contributed by atoms with van der Waals surface area (Å²) in [6.45, 7) is 2.00. The van der Waals surface area contributed by atoms with Crippen molar-refractivity contribution >= 4 is 44.8 Å². The molecule has 94 valence electrons. The van der Waals surface area contributed by atoms with Gasteiger partial charge in [0, 0.05) is 11.4 Å². The Morgan fingerprint density at radius 1 is 1.47 bits per heavy atom. The molecule has 17 heavy (non-hydrogen) atoms. The highest BCUT2D eigenvalue weighted by Crippen LogP contribution is 2.28. The standard InChI is InChI=1S/C12H15BrClNOS/c1-7-6-10(17-11(7)13)12(16)15-9-4-2-8(14)3-5-9/h6,8-9H,2-5H2,1H3,(H,15,16). The summed E-state index contributed by atoms with van der Waals surface area (Å²) < 4.78 is 1.03. The predicted molar refractivity (Wildman–Crippen MR) is 76.1 cm³/mol. The number of carbonyl (C=O) groups excluding carboxylic acids is 1. The number of hydrogen-bond donors (Lipinski definition) is 1. The summed E-state index contributed by atoms with van der Waals surface area (Å²) in [5.74, 6) is 0.0434. The van der Waals surface area contributed by atoms with Crippen LogP contribution in [0.1, 0.15) is 40.9 Å². The number of amides is 1. The van der Waals surface area contributed by atoms with E-state index >= 15 is 0 Å². The minimum absolute atomic E-state index is 0.0434. The molecule has 1 N–H and O–H groups in total. The molecule has 5 heteroatoms. The van der Waals surface area contributed by atoms with E-state index in [9.17, 15) is 4.79 Å². The van der Waals surface area contributed by atoms with Gasteiger partial charge in [0.15, 0.2) is 0 Å².